The van der Waals surface area contributed by atoms with Crippen LogP contribution >= 0.6 is 0 Å². The Labute approximate surface area is 142 Å². The number of nitrogens with zero attached hydrogens (tertiary/aromatic N) is 1. The van der Waals surface area contributed by atoms with E-state index in [0.29, 0.717) is 5.75 Å². The van der Waals surface area contributed by atoms with E-state index in [0.717, 1.165) is 12.2 Å². The quantitative estimate of drug-likeness (QED) is 0.759. The van der Waals surface area contributed by atoms with Gasteiger partial charge in [-0.3, -0.25) is 0 Å². The van der Waals surface area contributed by atoms with E-state index >= 15 is 0 Å². The topological polar surface area (TPSA) is 61.8 Å². The van der Waals surface area contributed by atoms with E-state index in [-0.39, 0.29) is 0 Å². The highest BCUT2D eigenvalue weighted by atomic mass is 16.5. The van der Waals surface area contributed by atoms with Gasteiger partial charge in [0.25, 0.3) is 0 Å². The van der Waals surface area contributed by atoms with Gasteiger partial charge < -0.3 is 15.3 Å². The van der Waals surface area contributed by atoms with Gasteiger partial charge in [0, 0.05) is 19.3 Å². The highest BCUT2D eigenvalue weighted by Gasteiger charge is 2.29. The molecule has 0 aliphatic rings. The maximum absolute atomic E-state index is 11.1. The fourth-order valence-electron chi connectivity index (χ4n) is 2.16. The summed E-state index contributed by atoms with van der Waals surface area (Å²) in [5.74, 6) is -0.475. The summed E-state index contributed by atoms with van der Waals surface area (Å²) in [6.45, 7) is 5.89. The second kappa shape index (κ2) is 7.36. The molecule has 0 amide bonds. The van der Waals surface area contributed by atoms with Crippen LogP contribution in [-0.4, -0.2) is 28.7 Å². The van der Waals surface area contributed by atoms with Crippen molar-refractivity contribution >= 4 is 11.7 Å². The van der Waals surface area contributed by atoms with Crippen molar-refractivity contribution in [3.8, 4) is 5.75 Å². The second-order valence-corrected chi connectivity index (χ2v) is 6.40. The zero-order valence-electron chi connectivity index (χ0n) is 14.5. The molecule has 0 atom stereocenters. The number of carbonyl (C=O) groups is 1. The number of aliphatic carboxylic acids is 1. The number of rotatable bonds is 7. The predicted molar refractivity (Wildman–Crippen MR) is 95.1 cm³/mol. The van der Waals surface area contributed by atoms with Crippen molar-refractivity contribution in [2.45, 2.75) is 32.9 Å². The van der Waals surface area contributed by atoms with Crippen LogP contribution in [-0.2, 0) is 11.3 Å². The van der Waals surface area contributed by atoms with Crippen molar-refractivity contribution < 1.29 is 14.6 Å². The highest BCUT2D eigenvalue weighted by Crippen LogP contribution is 2.21. The zero-order valence-corrected chi connectivity index (χ0v) is 14.5. The molecule has 0 radical (unpaired) electrons. The molecule has 0 bridgehead atoms. The van der Waals surface area contributed by atoms with Crippen LogP contribution in [0.1, 0.15) is 25.0 Å². The van der Waals surface area contributed by atoms with Crippen LogP contribution in [0.25, 0.3) is 0 Å². The van der Waals surface area contributed by atoms with Gasteiger partial charge >= 0.3 is 5.97 Å². The standard InChI is InChI=1S/C19H24N2O3/c1-14-5-7-15(8-6-14)13-21(4)20-16-9-11-17(12-10-16)24-19(2,3)18(22)23/h5-12,20H,13H2,1-4H3,(H,22,23). The Morgan fingerprint density at radius 3 is 2.25 bits per heavy atom. The number of ether oxygens (including phenoxy) is 1. The summed E-state index contributed by atoms with van der Waals surface area (Å²) in [6, 6.07) is 15.6. The molecule has 2 N–H and O–H groups in total. The van der Waals surface area contributed by atoms with E-state index in [2.05, 4.69) is 36.6 Å². The van der Waals surface area contributed by atoms with Gasteiger partial charge in [0.05, 0.1) is 0 Å². The normalized spacial score (nSPS) is 11.4. The number of hydrazine groups is 1. The minimum absolute atomic E-state index is 0.522. The number of carboxylic acids is 1. The molecule has 0 unspecified atom stereocenters. The first-order chi connectivity index (χ1) is 11.3. The van der Waals surface area contributed by atoms with E-state index in [1.54, 1.807) is 12.1 Å². The fraction of sp³-hybridized carbons (Fsp3) is 0.316. The lowest BCUT2D eigenvalue weighted by molar-refractivity contribution is -0.152. The molecule has 0 aliphatic heterocycles. The largest absolute Gasteiger partial charge is 0.478 e. The second-order valence-electron chi connectivity index (χ2n) is 6.40. The zero-order chi connectivity index (χ0) is 17.7. The van der Waals surface area contributed by atoms with Gasteiger partial charge in [0.1, 0.15) is 5.75 Å². The molecule has 2 rings (SSSR count). The van der Waals surface area contributed by atoms with Crippen molar-refractivity contribution in [3.63, 3.8) is 0 Å². The third-order valence-corrected chi connectivity index (χ3v) is 3.60. The van der Waals surface area contributed by atoms with E-state index in [1.165, 1.54) is 25.0 Å². The first kappa shape index (κ1) is 17.8. The van der Waals surface area contributed by atoms with Gasteiger partial charge in [-0.2, -0.15) is 0 Å². The number of hydrogen-bond donors (Lipinski definition) is 2. The SMILES string of the molecule is Cc1ccc(CN(C)Nc2ccc(OC(C)(C)C(=O)O)cc2)cc1. The van der Waals surface area contributed by atoms with Crippen LogP contribution in [0.5, 0.6) is 5.75 Å². The summed E-state index contributed by atoms with van der Waals surface area (Å²) in [7, 11) is 1.97. The highest BCUT2D eigenvalue weighted by molar-refractivity contribution is 5.76. The number of aryl methyl sites for hydroxylation is 1. The van der Waals surface area contributed by atoms with Gasteiger partial charge in [0.15, 0.2) is 5.60 Å². The van der Waals surface area contributed by atoms with Crippen LogP contribution in [0.4, 0.5) is 5.69 Å². The summed E-state index contributed by atoms with van der Waals surface area (Å²) < 4.78 is 5.49. The number of hydrogen-bond acceptors (Lipinski definition) is 4. The Balaban J connectivity index is 1.93. The van der Waals surface area contributed by atoms with Gasteiger partial charge in [-0.25, -0.2) is 9.80 Å². The van der Waals surface area contributed by atoms with Crippen molar-refractivity contribution in [3.05, 3.63) is 59.7 Å². The Morgan fingerprint density at radius 1 is 1.12 bits per heavy atom. The number of carboxylic acid groups (broad SMARTS) is 1. The number of benzene rings is 2. The van der Waals surface area contributed by atoms with Crippen molar-refractivity contribution in [2.75, 3.05) is 12.5 Å². The van der Waals surface area contributed by atoms with Gasteiger partial charge in [-0.05, 0) is 50.6 Å². The molecule has 2 aromatic rings. The van der Waals surface area contributed by atoms with Gasteiger partial charge in [0.2, 0.25) is 0 Å². The molecule has 0 saturated carbocycles. The Bertz CT molecular complexity index is 679. The lowest BCUT2D eigenvalue weighted by atomic mass is 10.1. The smallest absolute Gasteiger partial charge is 0.347 e. The third kappa shape index (κ3) is 4.99. The molecule has 0 heterocycles. The van der Waals surface area contributed by atoms with E-state index in [4.69, 9.17) is 9.84 Å². The molecular weight excluding hydrogens is 304 g/mol. The molecule has 5 heteroatoms. The Kier molecular flexibility index (Phi) is 5.46. The van der Waals surface area contributed by atoms with Crippen LogP contribution in [0.2, 0.25) is 0 Å². The maximum atomic E-state index is 11.1. The van der Waals surface area contributed by atoms with E-state index in [1.807, 2.05) is 24.2 Å². The van der Waals surface area contributed by atoms with Crippen LogP contribution in [0, 0.1) is 6.92 Å². The maximum Gasteiger partial charge on any atom is 0.347 e. The molecule has 128 valence electrons. The summed E-state index contributed by atoms with van der Waals surface area (Å²) in [6.07, 6.45) is 0. The summed E-state index contributed by atoms with van der Waals surface area (Å²) in [5.41, 5.74) is 5.40. The molecule has 0 aromatic heterocycles. The molecular formula is C19H24N2O3. The third-order valence-electron chi connectivity index (χ3n) is 3.60. The Morgan fingerprint density at radius 2 is 1.71 bits per heavy atom. The first-order valence-electron chi connectivity index (χ1n) is 7.82. The average Bonchev–Trinajstić information content (AvgIpc) is 2.51. The van der Waals surface area contributed by atoms with Crippen LogP contribution in [0.15, 0.2) is 48.5 Å². The minimum Gasteiger partial charge on any atom is -0.478 e. The van der Waals surface area contributed by atoms with Crippen molar-refractivity contribution in [1.29, 1.82) is 0 Å². The summed E-state index contributed by atoms with van der Waals surface area (Å²) in [5, 5.41) is 11.1. The molecule has 0 aliphatic carbocycles. The molecule has 5 nitrogen and oxygen atoms in total. The summed E-state index contributed by atoms with van der Waals surface area (Å²) in [4.78, 5) is 11.1. The van der Waals surface area contributed by atoms with Crippen molar-refractivity contribution in [1.82, 2.24) is 5.01 Å². The Hall–Kier alpha value is -2.53. The van der Waals surface area contributed by atoms with Crippen molar-refractivity contribution in [2.24, 2.45) is 0 Å². The molecule has 0 fully saturated rings. The monoisotopic (exact) mass is 328 g/mol. The molecule has 2 aromatic carbocycles. The van der Waals surface area contributed by atoms with Crippen LogP contribution in [0.3, 0.4) is 0 Å². The van der Waals surface area contributed by atoms with E-state index < -0.39 is 11.6 Å². The van der Waals surface area contributed by atoms with Gasteiger partial charge in [-0.1, -0.05) is 29.8 Å². The molecule has 0 saturated heterocycles. The first-order valence-corrected chi connectivity index (χ1v) is 7.82. The van der Waals surface area contributed by atoms with Crippen LogP contribution < -0.4 is 10.2 Å². The minimum atomic E-state index is -1.25. The lowest BCUT2D eigenvalue weighted by Crippen LogP contribution is -2.37. The number of anilines is 1. The molecule has 24 heavy (non-hydrogen) atoms. The lowest BCUT2D eigenvalue weighted by Gasteiger charge is -2.22. The van der Waals surface area contributed by atoms with Gasteiger partial charge in [-0.15, -0.1) is 0 Å². The summed E-state index contributed by atoms with van der Waals surface area (Å²) >= 11 is 0. The molecule has 0 spiro atoms. The fourth-order valence-corrected chi connectivity index (χ4v) is 2.16. The van der Waals surface area contributed by atoms with E-state index in [9.17, 15) is 4.79 Å². The predicted octanol–water partition coefficient (Wildman–Crippen LogP) is 3.70. The average molecular weight is 328 g/mol. The number of nitrogens with one attached hydrogen (secondary N) is 1.